The van der Waals surface area contributed by atoms with Crippen molar-refractivity contribution in [2.75, 3.05) is 18.0 Å². The summed E-state index contributed by atoms with van der Waals surface area (Å²) in [5, 5.41) is 3.12. The summed E-state index contributed by atoms with van der Waals surface area (Å²) in [5.41, 5.74) is 1.76. The van der Waals surface area contributed by atoms with Crippen molar-refractivity contribution in [3.63, 3.8) is 0 Å². The molecule has 0 aliphatic heterocycles. The van der Waals surface area contributed by atoms with Crippen LogP contribution >= 0.6 is 0 Å². The van der Waals surface area contributed by atoms with Crippen LogP contribution in [0, 0.1) is 12.7 Å². The fraction of sp³-hybridized carbons (Fsp3) is 0.394. The molecule has 1 N–H and O–H groups in total. The van der Waals surface area contributed by atoms with Crippen molar-refractivity contribution >= 4 is 27.5 Å². The highest BCUT2D eigenvalue weighted by atomic mass is 32.2. The number of ether oxygens (including phenoxy) is 1. The molecule has 0 heterocycles. The molecule has 0 aromatic heterocycles. The number of anilines is 1. The van der Waals surface area contributed by atoms with Gasteiger partial charge >= 0.3 is 0 Å². The highest BCUT2D eigenvalue weighted by Gasteiger charge is 2.34. The van der Waals surface area contributed by atoms with E-state index in [4.69, 9.17) is 4.74 Å². The van der Waals surface area contributed by atoms with Gasteiger partial charge in [0, 0.05) is 18.7 Å². The molecule has 0 unspecified atom stereocenters. The zero-order chi connectivity index (χ0) is 31.0. The van der Waals surface area contributed by atoms with Crippen LogP contribution in [0.5, 0.6) is 5.75 Å². The smallest absolute Gasteiger partial charge is 0.264 e. The van der Waals surface area contributed by atoms with Crippen LogP contribution in [0.1, 0.15) is 56.6 Å². The average Bonchev–Trinajstić information content (AvgIpc) is 3.01. The van der Waals surface area contributed by atoms with Crippen LogP contribution < -0.4 is 14.4 Å². The van der Waals surface area contributed by atoms with Crippen molar-refractivity contribution in [3.05, 3.63) is 89.7 Å². The molecule has 1 fully saturated rings. The fourth-order valence-electron chi connectivity index (χ4n) is 5.38. The molecule has 2 amide bonds. The van der Waals surface area contributed by atoms with Crippen LogP contribution in [0.3, 0.4) is 0 Å². The van der Waals surface area contributed by atoms with Crippen molar-refractivity contribution in [1.29, 1.82) is 0 Å². The summed E-state index contributed by atoms with van der Waals surface area (Å²) < 4.78 is 48.1. The Morgan fingerprint density at radius 1 is 1.00 bits per heavy atom. The molecule has 3 aromatic rings. The average molecular weight is 610 g/mol. The van der Waals surface area contributed by atoms with E-state index >= 15 is 0 Å². The van der Waals surface area contributed by atoms with Gasteiger partial charge in [0.25, 0.3) is 10.0 Å². The van der Waals surface area contributed by atoms with Crippen LogP contribution in [0.4, 0.5) is 10.1 Å². The lowest BCUT2D eigenvalue weighted by Crippen LogP contribution is -2.54. The third kappa shape index (κ3) is 8.13. The summed E-state index contributed by atoms with van der Waals surface area (Å²) in [6.07, 6.45) is 5.28. The van der Waals surface area contributed by atoms with Crippen LogP contribution in [-0.4, -0.2) is 50.9 Å². The van der Waals surface area contributed by atoms with Crippen molar-refractivity contribution in [3.8, 4) is 5.75 Å². The summed E-state index contributed by atoms with van der Waals surface area (Å²) in [7, 11) is -2.72. The van der Waals surface area contributed by atoms with Gasteiger partial charge in [0.15, 0.2) is 0 Å². The number of rotatable bonds is 12. The lowest BCUT2D eigenvalue weighted by Gasteiger charge is -2.34. The molecule has 1 aliphatic rings. The topological polar surface area (TPSA) is 96.0 Å². The molecule has 0 radical (unpaired) electrons. The number of halogens is 1. The van der Waals surface area contributed by atoms with E-state index in [-0.39, 0.29) is 29.1 Å². The lowest BCUT2D eigenvalue weighted by molar-refractivity contribution is -0.140. The molecule has 1 saturated carbocycles. The molecule has 0 saturated heterocycles. The van der Waals surface area contributed by atoms with Gasteiger partial charge in [-0.2, -0.15) is 0 Å². The molecule has 0 spiro atoms. The second-order valence-electron chi connectivity index (χ2n) is 10.9. The number of hydrogen-bond donors (Lipinski definition) is 1. The summed E-state index contributed by atoms with van der Waals surface area (Å²) >= 11 is 0. The van der Waals surface area contributed by atoms with Crippen molar-refractivity contribution < 1.29 is 27.1 Å². The summed E-state index contributed by atoms with van der Waals surface area (Å²) in [4.78, 5) is 29.3. The second-order valence-corrected chi connectivity index (χ2v) is 12.8. The zero-order valence-electron chi connectivity index (χ0n) is 25.0. The Bertz CT molecular complexity index is 1490. The number of hydrogen-bond acceptors (Lipinski definition) is 5. The quantitative estimate of drug-likeness (QED) is 0.289. The lowest BCUT2D eigenvalue weighted by atomic mass is 9.95. The third-order valence-corrected chi connectivity index (χ3v) is 9.62. The van der Waals surface area contributed by atoms with E-state index in [1.165, 1.54) is 36.3 Å². The summed E-state index contributed by atoms with van der Waals surface area (Å²) in [6.45, 7) is 3.12. The molecule has 8 nitrogen and oxygen atoms in total. The van der Waals surface area contributed by atoms with Gasteiger partial charge in [0.2, 0.25) is 11.8 Å². The maximum Gasteiger partial charge on any atom is 0.264 e. The van der Waals surface area contributed by atoms with E-state index in [0.717, 1.165) is 42.0 Å². The molecule has 10 heteroatoms. The van der Waals surface area contributed by atoms with Gasteiger partial charge < -0.3 is 15.0 Å². The second kappa shape index (κ2) is 14.5. The van der Waals surface area contributed by atoms with Crippen molar-refractivity contribution in [1.82, 2.24) is 10.2 Å². The SMILES string of the molecule is CC[C@H](C(=O)NC1CCCCC1)N(Cc1ccc(F)cc1)C(=O)CN(c1cccc(OC)c1)S(=O)(=O)c1ccc(C)cc1. The Kier molecular flexibility index (Phi) is 10.8. The van der Waals surface area contributed by atoms with Crippen LogP contribution in [0.15, 0.2) is 77.7 Å². The molecule has 43 heavy (non-hydrogen) atoms. The molecule has 3 aromatic carbocycles. The first-order valence-corrected chi connectivity index (χ1v) is 16.1. The predicted molar refractivity (Wildman–Crippen MR) is 165 cm³/mol. The van der Waals surface area contributed by atoms with Gasteiger partial charge in [0.05, 0.1) is 17.7 Å². The largest absolute Gasteiger partial charge is 0.497 e. The monoisotopic (exact) mass is 609 g/mol. The van der Waals surface area contributed by atoms with Crippen molar-refractivity contribution in [2.24, 2.45) is 0 Å². The molecule has 1 aliphatic carbocycles. The Labute approximate surface area is 253 Å². The highest BCUT2D eigenvalue weighted by molar-refractivity contribution is 7.92. The van der Waals surface area contributed by atoms with Gasteiger partial charge in [-0.25, -0.2) is 12.8 Å². The molecular weight excluding hydrogens is 569 g/mol. The van der Waals surface area contributed by atoms with Gasteiger partial charge in [-0.1, -0.05) is 62.1 Å². The van der Waals surface area contributed by atoms with Gasteiger partial charge in [-0.05, 0) is 68.1 Å². The zero-order valence-corrected chi connectivity index (χ0v) is 25.8. The standard InChI is InChI=1S/C33H40FN3O5S/c1-4-31(33(39)35-27-9-6-5-7-10-27)36(22-25-15-17-26(34)18-16-25)32(38)23-37(28-11-8-12-29(21-28)42-3)43(40,41)30-19-13-24(2)14-20-30/h8,11-21,27,31H,4-7,9-10,22-23H2,1-3H3,(H,35,39)/t31-/m1/s1. The normalized spacial score (nSPS) is 14.5. The van der Waals surface area contributed by atoms with E-state index in [1.807, 2.05) is 13.8 Å². The van der Waals surface area contributed by atoms with Gasteiger partial charge in [-0.3, -0.25) is 13.9 Å². The number of aryl methyl sites for hydroxylation is 1. The van der Waals surface area contributed by atoms with Gasteiger partial charge in [0.1, 0.15) is 24.2 Å². The number of amides is 2. The number of nitrogens with one attached hydrogen (secondary N) is 1. The molecule has 230 valence electrons. The van der Waals surface area contributed by atoms with Crippen LogP contribution in [0.2, 0.25) is 0 Å². The van der Waals surface area contributed by atoms with Crippen LogP contribution in [0.25, 0.3) is 0 Å². The predicted octanol–water partition coefficient (Wildman–Crippen LogP) is 5.59. The minimum atomic E-state index is -4.20. The van der Waals surface area contributed by atoms with E-state index < -0.39 is 34.3 Å². The molecule has 0 bridgehead atoms. The first-order valence-electron chi connectivity index (χ1n) is 14.7. The first-order chi connectivity index (χ1) is 20.6. The van der Waals surface area contributed by atoms with Crippen LogP contribution in [-0.2, 0) is 26.2 Å². The van der Waals surface area contributed by atoms with E-state index in [9.17, 15) is 22.4 Å². The number of nitrogens with zero attached hydrogens (tertiary/aromatic N) is 2. The first kappa shape index (κ1) is 32.0. The number of benzene rings is 3. The number of sulfonamides is 1. The Balaban J connectivity index is 1.71. The fourth-order valence-corrected chi connectivity index (χ4v) is 6.79. The number of carbonyl (C=O) groups is 2. The molecular formula is C33H40FN3O5S. The molecule has 1 atom stereocenters. The van der Waals surface area contributed by atoms with E-state index in [1.54, 1.807) is 48.5 Å². The van der Waals surface area contributed by atoms with Crippen molar-refractivity contribution in [2.45, 2.75) is 75.9 Å². The maximum absolute atomic E-state index is 14.2. The van der Waals surface area contributed by atoms with E-state index in [2.05, 4.69) is 5.32 Å². The Hall–Kier alpha value is -3.92. The van der Waals surface area contributed by atoms with E-state index in [0.29, 0.717) is 17.7 Å². The minimum Gasteiger partial charge on any atom is -0.497 e. The van der Waals surface area contributed by atoms with Gasteiger partial charge in [-0.15, -0.1) is 0 Å². The maximum atomic E-state index is 14.2. The highest BCUT2D eigenvalue weighted by Crippen LogP contribution is 2.28. The minimum absolute atomic E-state index is 0.00619. The summed E-state index contributed by atoms with van der Waals surface area (Å²) in [5.74, 6) is -0.833. The Morgan fingerprint density at radius 3 is 2.30 bits per heavy atom. The third-order valence-electron chi connectivity index (χ3n) is 7.83. The summed E-state index contributed by atoms with van der Waals surface area (Å²) in [6, 6.07) is 17.8. The Morgan fingerprint density at radius 2 is 1.67 bits per heavy atom. The molecule has 4 rings (SSSR count). The number of carbonyl (C=O) groups excluding carboxylic acids is 2. The number of methoxy groups -OCH3 is 1.